The molecule has 0 aliphatic carbocycles. The number of hydrogen-bond acceptors (Lipinski definition) is 8. The molecule has 1 fully saturated rings. The van der Waals surface area contributed by atoms with E-state index in [2.05, 4.69) is 20.3 Å². The number of piperazine rings is 1. The Kier molecular flexibility index (Phi) is 5.99. The van der Waals surface area contributed by atoms with Gasteiger partial charge >= 0.3 is 11.9 Å². The molecule has 1 aromatic carbocycles. The Labute approximate surface area is 206 Å². The summed E-state index contributed by atoms with van der Waals surface area (Å²) in [5, 5.41) is 10.6. The first-order valence-corrected chi connectivity index (χ1v) is 11.3. The number of nitrogens with two attached hydrogens (primary N) is 1. The lowest BCUT2D eigenvalue weighted by Gasteiger charge is -2.31. The Morgan fingerprint density at radius 1 is 1.14 bits per heavy atom. The van der Waals surface area contributed by atoms with Crippen LogP contribution in [0, 0.1) is 5.41 Å². The van der Waals surface area contributed by atoms with Crippen LogP contribution in [0.15, 0.2) is 52.3 Å². The number of nitrogens with zero attached hydrogens (tertiary/aromatic N) is 4. The number of aromatic amines is 1. The summed E-state index contributed by atoms with van der Waals surface area (Å²) in [5.41, 5.74) is 3.82. The minimum Gasteiger partial charge on any atom is -0.404 e. The largest absolute Gasteiger partial charge is 0.418 e. The minimum atomic E-state index is -4.70. The maximum Gasteiger partial charge on any atom is 0.418 e. The number of aromatic nitrogens is 4. The molecule has 5 rings (SSSR count). The summed E-state index contributed by atoms with van der Waals surface area (Å²) in [6.45, 7) is 1.89. The van der Waals surface area contributed by atoms with Gasteiger partial charge in [-0.1, -0.05) is 0 Å². The Morgan fingerprint density at radius 2 is 1.89 bits per heavy atom. The van der Waals surface area contributed by atoms with E-state index in [-0.39, 0.29) is 39.1 Å². The van der Waals surface area contributed by atoms with Crippen LogP contribution in [0.25, 0.3) is 33.2 Å². The predicted octanol–water partition coefficient (Wildman–Crippen LogP) is 2.00. The van der Waals surface area contributed by atoms with Crippen molar-refractivity contribution in [1.82, 2.24) is 24.8 Å². The molecule has 0 spiro atoms. The van der Waals surface area contributed by atoms with Crippen molar-refractivity contribution in [3.8, 4) is 5.69 Å². The molecule has 0 atom stereocenters. The van der Waals surface area contributed by atoms with Crippen molar-refractivity contribution in [3.63, 3.8) is 0 Å². The molecule has 4 aromatic rings. The number of fused-ring (bicyclic) bond motifs is 3. The number of hydrogen-bond donors (Lipinski definition) is 4. The lowest BCUT2D eigenvalue weighted by atomic mass is 10.1. The fraction of sp³-hybridized carbons (Fsp3) is 0.208. The third kappa shape index (κ3) is 4.22. The summed E-state index contributed by atoms with van der Waals surface area (Å²) in [4.78, 5) is 38.2. The number of pyridine rings is 2. The van der Waals surface area contributed by atoms with Gasteiger partial charge in [-0.3, -0.25) is 19.3 Å². The predicted molar refractivity (Wildman–Crippen MR) is 134 cm³/mol. The summed E-state index contributed by atoms with van der Waals surface area (Å²) in [5.74, 6) is 0. The Hall–Kier alpha value is -4.52. The van der Waals surface area contributed by atoms with E-state index >= 15 is 0 Å². The molecule has 0 amide bonds. The molecular formula is C24H21F3N8O2. The molecular weight excluding hydrogens is 489 g/mol. The van der Waals surface area contributed by atoms with Gasteiger partial charge < -0.3 is 21.4 Å². The fourth-order valence-corrected chi connectivity index (χ4v) is 4.45. The van der Waals surface area contributed by atoms with E-state index in [0.29, 0.717) is 31.7 Å². The zero-order valence-corrected chi connectivity index (χ0v) is 19.3. The molecule has 5 N–H and O–H groups in total. The number of H-pyrrole nitrogens is 1. The molecule has 10 nitrogen and oxygen atoms in total. The number of halogens is 3. The van der Waals surface area contributed by atoms with Crippen molar-refractivity contribution in [2.75, 3.05) is 31.1 Å². The quantitative estimate of drug-likeness (QED) is 0.243. The van der Waals surface area contributed by atoms with Crippen LogP contribution in [-0.4, -0.2) is 51.9 Å². The maximum absolute atomic E-state index is 14.2. The topological polar surface area (TPSA) is 146 Å². The Bertz CT molecular complexity index is 1680. The molecule has 1 aliphatic rings. The molecule has 3 aromatic heterocycles. The van der Waals surface area contributed by atoms with E-state index in [1.54, 1.807) is 17.0 Å². The van der Waals surface area contributed by atoms with Crippen molar-refractivity contribution in [3.05, 3.63) is 74.8 Å². The highest BCUT2D eigenvalue weighted by Crippen LogP contribution is 2.38. The second kappa shape index (κ2) is 9.17. The van der Waals surface area contributed by atoms with Gasteiger partial charge in [0, 0.05) is 56.1 Å². The number of rotatable bonds is 4. The van der Waals surface area contributed by atoms with E-state index in [9.17, 15) is 22.8 Å². The first kappa shape index (κ1) is 24.2. The van der Waals surface area contributed by atoms with Crippen LogP contribution in [0.2, 0.25) is 0 Å². The molecule has 4 heterocycles. The third-order valence-electron chi connectivity index (χ3n) is 6.21. The van der Waals surface area contributed by atoms with Gasteiger partial charge in [0.05, 0.1) is 33.4 Å². The summed E-state index contributed by atoms with van der Waals surface area (Å²) in [6, 6.07) is 6.76. The second-order valence-corrected chi connectivity index (χ2v) is 8.38. The monoisotopic (exact) mass is 510 g/mol. The summed E-state index contributed by atoms with van der Waals surface area (Å²) in [6.07, 6.45) is -1.30. The summed E-state index contributed by atoms with van der Waals surface area (Å²) in [7, 11) is 0. The van der Waals surface area contributed by atoms with Gasteiger partial charge in [0.1, 0.15) is 5.52 Å². The minimum absolute atomic E-state index is 0.00926. The second-order valence-electron chi connectivity index (χ2n) is 8.38. The fourth-order valence-electron chi connectivity index (χ4n) is 4.45. The third-order valence-corrected chi connectivity index (χ3v) is 6.21. The lowest BCUT2D eigenvalue weighted by molar-refractivity contribution is -0.137. The van der Waals surface area contributed by atoms with Crippen molar-refractivity contribution >= 4 is 39.4 Å². The van der Waals surface area contributed by atoms with Gasteiger partial charge in [0.2, 0.25) is 0 Å². The van der Waals surface area contributed by atoms with Gasteiger partial charge in [0.25, 0.3) is 5.56 Å². The smallest absolute Gasteiger partial charge is 0.404 e. The SMILES string of the molecule is N=C/C(=C\N)c1ccc2ncc3c(=O)[nH]c(=O)n(-c4ccc(N5CCNCC5)c(C(F)(F)F)c4)c3c2n1. The Balaban J connectivity index is 1.84. The molecule has 1 saturated heterocycles. The highest BCUT2D eigenvalue weighted by atomic mass is 19.4. The van der Waals surface area contributed by atoms with Crippen molar-refractivity contribution in [2.24, 2.45) is 5.73 Å². The van der Waals surface area contributed by atoms with Crippen LogP contribution in [0.1, 0.15) is 11.3 Å². The van der Waals surface area contributed by atoms with Crippen LogP contribution in [0.5, 0.6) is 0 Å². The van der Waals surface area contributed by atoms with Crippen LogP contribution < -0.4 is 27.2 Å². The number of anilines is 1. The average Bonchev–Trinajstić information content (AvgIpc) is 2.89. The zero-order valence-electron chi connectivity index (χ0n) is 19.3. The van der Waals surface area contributed by atoms with E-state index in [0.717, 1.165) is 16.8 Å². The standard InChI is InChI=1S/C24H21F3N8O2/c25-24(26,27)16-9-14(1-4-19(16)34-7-5-30-6-8-34)35-21-15(22(36)33-23(35)37)12-31-18-3-2-17(32-20(18)21)13(10-28)11-29/h1-4,9-12,28,30H,5-8,29H2,(H,33,36,37)/b13-11+,28-10?. The van der Waals surface area contributed by atoms with Gasteiger partial charge in [0.15, 0.2) is 0 Å². The van der Waals surface area contributed by atoms with E-state index in [4.69, 9.17) is 11.1 Å². The number of alkyl halides is 3. The lowest BCUT2D eigenvalue weighted by Crippen LogP contribution is -2.44. The van der Waals surface area contributed by atoms with Crippen molar-refractivity contribution in [2.45, 2.75) is 6.18 Å². The van der Waals surface area contributed by atoms with Crippen LogP contribution >= 0.6 is 0 Å². The Morgan fingerprint density at radius 3 is 2.57 bits per heavy atom. The number of benzene rings is 1. The van der Waals surface area contributed by atoms with Gasteiger partial charge in [-0.15, -0.1) is 0 Å². The van der Waals surface area contributed by atoms with Crippen molar-refractivity contribution < 1.29 is 13.2 Å². The van der Waals surface area contributed by atoms with E-state index in [1.165, 1.54) is 24.5 Å². The molecule has 13 heteroatoms. The first-order chi connectivity index (χ1) is 17.7. The zero-order chi connectivity index (χ0) is 26.3. The molecule has 37 heavy (non-hydrogen) atoms. The number of allylic oxidation sites excluding steroid dienone is 1. The van der Waals surface area contributed by atoms with Crippen LogP contribution in [0.4, 0.5) is 18.9 Å². The maximum atomic E-state index is 14.2. The van der Waals surface area contributed by atoms with E-state index in [1.807, 2.05) is 0 Å². The molecule has 0 saturated carbocycles. The summed E-state index contributed by atoms with van der Waals surface area (Å²) < 4.78 is 43.6. The van der Waals surface area contributed by atoms with E-state index < -0.39 is 23.0 Å². The molecule has 0 radical (unpaired) electrons. The summed E-state index contributed by atoms with van der Waals surface area (Å²) >= 11 is 0. The van der Waals surface area contributed by atoms with Gasteiger partial charge in [-0.2, -0.15) is 13.2 Å². The van der Waals surface area contributed by atoms with Crippen LogP contribution in [-0.2, 0) is 6.18 Å². The first-order valence-electron chi connectivity index (χ1n) is 11.3. The van der Waals surface area contributed by atoms with Crippen molar-refractivity contribution in [1.29, 1.82) is 5.41 Å². The van der Waals surface area contributed by atoms with Crippen LogP contribution in [0.3, 0.4) is 0 Å². The highest BCUT2D eigenvalue weighted by molar-refractivity contribution is 6.09. The average molecular weight is 510 g/mol. The molecule has 190 valence electrons. The molecule has 0 unspecified atom stereocenters. The molecule has 1 aliphatic heterocycles. The highest BCUT2D eigenvalue weighted by Gasteiger charge is 2.36. The van der Waals surface area contributed by atoms with Gasteiger partial charge in [-0.05, 0) is 30.3 Å². The van der Waals surface area contributed by atoms with Gasteiger partial charge in [-0.25, -0.2) is 9.78 Å². The molecule has 0 bridgehead atoms. The normalized spacial score (nSPS) is 14.9. The number of nitrogens with one attached hydrogen (secondary N) is 3.